The molecule has 0 aromatic heterocycles. The van der Waals surface area contributed by atoms with Crippen LogP contribution in [0.4, 0.5) is 4.39 Å². The Hall–Kier alpha value is -2.67. The smallest absolute Gasteiger partial charge is 0.126 e. The van der Waals surface area contributed by atoms with Gasteiger partial charge in [0.15, 0.2) is 0 Å². The molecule has 27 heavy (non-hydrogen) atoms. The van der Waals surface area contributed by atoms with Gasteiger partial charge in [-0.25, -0.2) is 4.39 Å². The largest absolute Gasteiger partial charge is 0.207 e. The molecule has 0 heterocycles. The van der Waals surface area contributed by atoms with E-state index in [1.54, 1.807) is 18.2 Å². The van der Waals surface area contributed by atoms with Crippen molar-refractivity contribution in [2.24, 2.45) is 11.8 Å². The highest BCUT2D eigenvalue weighted by Gasteiger charge is 2.18. The van der Waals surface area contributed by atoms with Crippen LogP contribution in [-0.2, 0) is 0 Å². The molecule has 142 valence electrons. The molecule has 0 aliphatic heterocycles. The molecule has 1 aliphatic rings. The average Bonchev–Trinajstić information content (AvgIpc) is 2.65. The summed E-state index contributed by atoms with van der Waals surface area (Å²) in [5.74, 6) is 0.262. The number of rotatable bonds is 9. The Morgan fingerprint density at radius 1 is 0.889 bits per heavy atom. The predicted octanol–water partition coefficient (Wildman–Crippen LogP) is 7.91. The van der Waals surface area contributed by atoms with Crippen LogP contribution in [0, 0.1) is 11.8 Å². The average molecular weight is 363 g/mol. The van der Waals surface area contributed by atoms with Crippen LogP contribution in [-0.4, -0.2) is 0 Å². The maximum absolute atomic E-state index is 14.6. The van der Waals surface area contributed by atoms with Gasteiger partial charge in [0, 0.05) is 5.92 Å². The van der Waals surface area contributed by atoms with Gasteiger partial charge < -0.3 is 0 Å². The van der Waals surface area contributed by atoms with Gasteiger partial charge in [-0.05, 0) is 59.6 Å². The van der Waals surface area contributed by atoms with E-state index in [4.69, 9.17) is 0 Å². The summed E-state index contributed by atoms with van der Waals surface area (Å²) in [6.45, 7) is 27.6. The standard InChI is InChI=1S/C26H31F/c1-9-18(2)16-22(6)20(4)12-13-21(5)23(7)17-26(27)24(8)25-14-10-19(3)11-15-25/h9-10,12-14,16-17,19,25H,1,4-8,11,15H2,2-3H3/b13-12-,18-16-,26-17+. The third kappa shape index (κ3) is 7.22. The van der Waals surface area contributed by atoms with Gasteiger partial charge in [-0.2, -0.15) is 0 Å². The van der Waals surface area contributed by atoms with Crippen molar-refractivity contribution in [2.75, 3.05) is 0 Å². The summed E-state index contributed by atoms with van der Waals surface area (Å²) < 4.78 is 14.6. The molecule has 0 radical (unpaired) electrons. The Labute approximate surface area is 164 Å². The Bertz CT molecular complexity index is 777. The molecule has 0 nitrogen and oxygen atoms in total. The van der Waals surface area contributed by atoms with Gasteiger partial charge in [0.2, 0.25) is 0 Å². The topological polar surface area (TPSA) is 0 Å². The second kappa shape index (κ2) is 10.5. The van der Waals surface area contributed by atoms with Gasteiger partial charge in [-0.3, -0.25) is 0 Å². The summed E-state index contributed by atoms with van der Waals surface area (Å²) in [6.07, 6.45) is 14.8. The highest BCUT2D eigenvalue weighted by molar-refractivity contribution is 5.51. The van der Waals surface area contributed by atoms with E-state index in [1.165, 1.54) is 6.08 Å². The molecule has 0 saturated carbocycles. The van der Waals surface area contributed by atoms with Crippen molar-refractivity contribution in [3.05, 3.63) is 121 Å². The SMILES string of the molecule is C=C/C(C)=C\C(=C)C(=C)/C=C\C(=C)C(=C)/C=C(/F)C(=C)C1C=CC(C)CC1. The van der Waals surface area contributed by atoms with Crippen LogP contribution in [0.2, 0.25) is 0 Å². The first-order valence-electron chi connectivity index (χ1n) is 9.15. The highest BCUT2D eigenvalue weighted by Crippen LogP contribution is 2.31. The lowest BCUT2D eigenvalue weighted by atomic mass is 9.85. The fourth-order valence-electron chi connectivity index (χ4n) is 2.61. The number of hydrogen-bond acceptors (Lipinski definition) is 0. The van der Waals surface area contributed by atoms with Gasteiger partial charge in [0.1, 0.15) is 5.83 Å². The lowest BCUT2D eigenvalue weighted by Gasteiger charge is -2.21. The molecule has 0 aromatic rings. The van der Waals surface area contributed by atoms with E-state index >= 15 is 0 Å². The molecular formula is C26H31F. The second-order valence-corrected chi connectivity index (χ2v) is 7.09. The third-order valence-electron chi connectivity index (χ3n) is 4.69. The minimum atomic E-state index is -0.341. The van der Waals surface area contributed by atoms with Crippen LogP contribution in [0.5, 0.6) is 0 Å². The fraction of sp³-hybridized carbons (Fsp3) is 0.231. The van der Waals surface area contributed by atoms with E-state index < -0.39 is 0 Å². The molecule has 0 N–H and O–H groups in total. The summed E-state index contributed by atoms with van der Waals surface area (Å²) in [7, 11) is 0. The first kappa shape index (κ1) is 22.4. The molecule has 1 heteroatoms. The van der Waals surface area contributed by atoms with E-state index in [2.05, 4.69) is 58.5 Å². The van der Waals surface area contributed by atoms with Crippen LogP contribution >= 0.6 is 0 Å². The molecule has 0 amide bonds. The molecule has 2 unspecified atom stereocenters. The Balaban J connectivity index is 2.74. The summed E-state index contributed by atoms with van der Waals surface area (Å²) in [4.78, 5) is 0. The Morgan fingerprint density at radius 2 is 1.44 bits per heavy atom. The van der Waals surface area contributed by atoms with E-state index in [-0.39, 0.29) is 11.7 Å². The second-order valence-electron chi connectivity index (χ2n) is 7.09. The summed E-state index contributed by atoms with van der Waals surface area (Å²) >= 11 is 0. The quantitative estimate of drug-likeness (QED) is 0.289. The summed E-state index contributed by atoms with van der Waals surface area (Å²) in [6, 6.07) is 0. The number of allylic oxidation sites excluding steroid dienone is 14. The molecule has 1 aliphatic carbocycles. The summed E-state index contributed by atoms with van der Waals surface area (Å²) in [5, 5.41) is 0. The van der Waals surface area contributed by atoms with Crippen LogP contribution in [0.15, 0.2) is 121 Å². The zero-order chi connectivity index (χ0) is 20.6. The van der Waals surface area contributed by atoms with Crippen molar-refractivity contribution in [2.45, 2.75) is 26.7 Å². The molecule has 2 atom stereocenters. The maximum Gasteiger partial charge on any atom is 0.126 e. The van der Waals surface area contributed by atoms with E-state index in [9.17, 15) is 4.39 Å². The van der Waals surface area contributed by atoms with Gasteiger partial charge in [-0.15, -0.1) is 0 Å². The van der Waals surface area contributed by atoms with Crippen molar-refractivity contribution < 1.29 is 4.39 Å². The highest BCUT2D eigenvalue weighted by atomic mass is 19.1. The first-order chi connectivity index (χ1) is 12.6. The predicted molar refractivity (Wildman–Crippen MR) is 119 cm³/mol. The Kier molecular flexibility index (Phi) is 8.68. The van der Waals surface area contributed by atoms with E-state index in [0.29, 0.717) is 22.6 Å². The van der Waals surface area contributed by atoms with Crippen molar-refractivity contribution in [3.8, 4) is 0 Å². The van der Waals surface area contributed by atoms with Crippen LogP contribution in [0.1, 0.15) is 26.7 Å². The van der Waals surface area contributed by atoms with Gasteiger partial charge in [-0.1, -0.05) is 88.4 Å². The molecule has 0 aromatic carbocycles. The van der Waals surface area contributed by atoms with Crippen molar-refractivity contribution in [1.29, 1.82) is 0 Å². The normalized spacial score (nSPS) is 20.4. The van der Waals surface area contributed by atoms with Gasteiger partial charge in [0.05, 0.1) is 0 Å². The lowest BCUT2D eigenvalue weighted by molar-refractivity contribution is 0.502. The molecule has 0 fully saturated rings. The third-order valence-corrected chi connectivity index (χ3v) is 4.69. The van der Waals surface area contributed by atoms with Gasteiger partial charge >= 0.3 is 0 Å². The van der Waals surface area contributed by atoms with Crippen molar-refractivity contribution in [1.82, 2.24) is 0 Å². The van der Waals surface area contributed by atoms with Crippen molar-refractivity contribution in [3.63, 3.8) is 0 Å². The molecule has 0 saturated heterocycles. The van der Waals surface area contributed by atoms with Crippen LogP contribution in [0.3, 0.4) is 0 Å². The minimum Gasteiger partial charge on any atom is -0.207 e. The van der Waals surface area contributed by atoms with E-state index in [0.717, 1.165) is 29.6 Å². The molecule has 0 bridgehead atoms. The maximum atomic E-state index is 14.6. The van der Waals surface area contributed by atoms with E-state index in [1.807, 2.05) is 13.0 Å². The van der Waals surface area contributed by atoms with Crippen LogP contribution in [0.25, 0.3) is 0 Å². The zero-order valence-electron chi connectivity index (χ0n) is 16.7. The molecular weight excluding hydrogens is 331 g/mol. The Morgan fingerprint density at radius 3 is 1.93 bits per heavy atom. The zero-order valence-corrected chi connectivity index (χ0v) is 16.7. The minimum absolute atomic E-state index is 0.0528. The fourth-order valence-corrected chi connectivity index (χ4v) is 2.61. The van der Waals surface area contributed by atoms with Crippen LogP contribution < -0.4 is 0 Å². The molecule has 1 rings (SSSR count). The number of hydrogen-bond donors (Lipinski definition) is 0. The van der Waals surface area contributed by atoms with Gasteiger partial charge in [0.25, 0.3) is 0 Å². The first-order valence-corrected chi connectivity index (χ1v) is 9.15. The van der Waals surface area contributed by atoms with Crippen molar-refractivity contribution >= 4 is 0 Å². The lowest BCUT2D eigenvalue weighted by Crippen LogP contribution is -2.08. The molecule has 0 spiro atoms. The monoisotopic (exact) mass is 362 g/mol. The summed E-state index contributed by atoms with van der Waals surface area (Å²) in [5.41, 5.74) is 4.17. The number of halogens is 1.